The molecular weight excluding hydrogens is 262 g/mol. The normalized spacial score (nSPS) is 14.8. The zero-order chi connectivity index (χ0) is 13.2. The highest BCUT2D eigenvalue weighted by Gasteiger charge is 2.20. The molecule has 3 rings (SSSR count). The summed E-state index contributed by atoms with van der Waals surface area (Å²) in [6.07, 6.45) is 3.34. The SMILES string of the molecule is Cc1ccc(-c2nnc(CCNC3CC3)o2)cc1Cl. The molecule has 4 nitrogen and oxygen atoms in total. The van der Waals surface area contributed by atoms with E-state index in [1.165, 1.54) is 12.8 Å². The summed E-state index contributed by atoms with van der Waals surface area (Å²) in [5.74, 6) is 1.20. The average molecular weight is 278 g/mol. The first kappa shape index (κ1) is 12.6. The lowest BCUT2D eigenvalue weighted by Gasteiger charge is -2.00. The highest BCUT2D eigenvalue weighted by Crippen LogP contribution is 2.24. The maximum atomic E-state index is 6.10. The topological polar surface area (TPSA) is 51.0 Å². The van der Waals surface area contributed by atoms with E-state index in [9.17, 15) is 0 Å². The molecule has 1 aliphatic carbocycles. The van der Waals surface area contributed by atoms with Gasteiger partial charge in [-0.2, -0.15) is 0 Å². The first-order chi connectivity index (χ1) is 9.22. The molecule has 0 atom stereocenters. The maximum absolute atomic E-state index is 6.10. The summed E-state index contributed by atoms with van der Waals surface area (Å²) < 4.78 is 5.65. The number of hydrogen-bond donors (Lipinski definition) is 1. The van der Waals surface area contributed by atoms with Gasteiger partial charge in [-0.15, -0.1) is 10.2 Å². The summed E-state index contributed by atoms with van der Waals surface area (Å²) in [6, 6.07) is 6.46. The number of nitrogens with one attached hydrogen (secondary N) is 1. The van der Waals surface area contributed by atoms with E-state index < -0.39 is 0 Å². The summed E-state index contributed by atoms with van der Waals surface area (Å²) in [4.78, 5) is 0. The van der Waals surface area contributed by atoms with E-state index in [-0.39, 0.29) is 0 Å². The number of aromatic nitrogens is 2. The fourth-order valence-electron chi connectivity index (χ4n) is 1.87. The summed E-state index contributed by atoms with van der Waals surface area (Å²) in [5, 5.41) is 12.3. The van der Waals surface area contributed by atoms with E-state index in [0.29, 0.717) is 22.8 Å². The Morgan fingerprint density at radius 2 is 2.21 bits per heavy atom. The van der Waals surface area contributed by atoms with E-state index in [0.717, 1.165) is 24.1 Å². The predicted octanol–water partition coefficient (Wildman–Crippen LogP) is 2.99. The molecule has 0 unspecified atom stereocenters. The molecule has 1 aliphatic rings. The fraction of sp³-hybridized carbons (Fsp3) is 0.429. The Hall–Kier alpha value is -1.39. The molecule has 0 spiro atoms. The molecule has 0 amide bonds. The quantitative estimate of drug-likeness (QED) is 0.913. The van der Waals surface area contributed by atoms with Gasteiger partial charge in [-0.3, -0.25) is 0 Å². The van der Waals surface area contributed by atoms with Crippen LogP contribution < -0.4 is 5.32 Å². The van der Waals surface area contributed by atoms with Crippen molar-refractivity contribution < 1.29 is 4.42 Å². The first-order valence-electron chi connectivity index (χ1n) is 6.54. The molecule has 0 saturated heterocycles. The van der Waals surface area contributed by atoms with Crippen LogP contribution >= 0.6 is 11.6 Å². The molecule has 19 heavy (non-hydrogen) atoms. The van der Waals surface area contributed by atoms with Gasteiger partial charge in [0, 0.05) is 29.6 Å². The van der Waals surface area contributed by atoms with Crippen LogP contribution in [0.4, 0.5) is 0 Å². The molecular formula is C14H16ClN3O. The first-order valence-corrected chi connectivity index (χ1v) is 6.92. The van der Waals surface area contributed by atoms with Gasteiger partial charge in [-0.1, -0.05) is 17.7 Å². The summed E-state index contributed by atoms with van der Waals surface area (Å²) in [7, 11) is 0. The Morgan fingerprint density at radius 3 is 2.95 bits per heavy atom. The highest BCUT2D eigenvalue weighted by atomic mass is 35.5. The summed E-state index contributed by atoms with van der Waals surface area (Å²) in [6.45, 7) is 2.86. The molecule has 100 valence electrons. The molecule has 5 heteroatoms. The number of halogens is 1. The molecule has 1 saturated carbocycles. The van der Waals surface area contributed by atoms with Crippen LogP contribution in [0.1, 0.15) is 24.3 Å². The van der Waals surface area contributed by atoms with Crippen LogP contribution in [-0.2, 0) is 6.42 Å². The van der Waals surface area contributed by atoms with Crippen LogP contribution in [0.15, 0.2) is 22.6 Å². The van der Waals surface area contributed by atoms with E-state index in [2.05, 4.69) is 15.5 Å². The third kappa shape index (κ3) is 3.14. The Balaban J connectivity index is 1.67. The second-order valence-corrected chi connectivity index (χ2v) is 5.35. The largest absolute Gasteiger partial charge is 0.421 e. The minimum Gasteiger partial charge on any atom is -0.421 e. The lowest BCUT2D eigenvalue weighted by molar-refractivity contribution is 0.494. The molecule has 1 fully saturated rings. The van der Waals surface area contributed by atoms with E-state index in [1.807, 2.05) is 25.1 Å². The van der Waals surface area contributed by atoms with Gasteiger partial charge in [0.25, 0.3) is 0 Å². The smallest absolute Gasteiger partial charge is 0.247 e. The molecule has 0 bridgehead atoms. The minimum atomic E-state index is 0.531. The fourth-order valence-corrected chi connectivity index (χ4v) is 2.05. The van der Waals surface area contributed by atoms with Gasteiger partial charge >= 0.3 is 0 Å². The molecule has 0 radical (unpaired) electrons. The average Bonchev–Trinajstić information content (AvgIpc) is 3.10. The molecule has 1 heterocycles. The third-order valence-corrected chi connectivity index (χ3v) is 3.64. The lowest BCUT2D eigenvalue weighted by Crippen LogP contribution is -2.19. The van der Waals surface area contributed by atoms with Crippen molar-refractivity contribution in [3.63, 3.8) is 0 Å². The van der Waals surface area contributed by atoms with Crippen molar-refractivity contribution in [1.82, 2.24) is 15.5 Å². The van der Waals surface area contributed by atoms with Crippen LogP contribution in [0.2, 0.25) is 5.02 Å². The number of benzene rings is 1. The molecule has 1 N–H and O–H groups in total. The monoisotopic (exact) mass is 277 g/mol. The van der Waals surface area contributed by atoms with Crippen molar-refractivity contribution in [2.45, 2.75) is 32.2 Å². The minimum absolute atomic E-state index is 0.531. The number of rotatable bonds is 5. The van der Waals surface area contributed by atoms with E-state index in [1.54, 1.807) is 0 Å². The lowest BCUT2D eigenvalue weighted by atomic mass is 10.1. The van der Waals surface area contributed by atoms with Gasteiger partial charge in [0.05, 0.1) is 0 Å². The summed E-state index contributed by atoms with van der Waals surface area (Å²) in [5.41, 5.74) is 1.91. The molecule has 1 aromatic heterocycles. The van der Waals surface area contributed by atoms with Crippen LogP contribution in [0, 0.1) is 6.92 Å². The van der Waals surface area contributed by atoms with E-state index >= 15 is 0 Å². The molecule has 1 aromatic carbocycles. The van der Waals surface area contributed by atoms with Gasteiger partial charge in [-0.05, 0) is 37.5 Å². The standard InChI is InChI=1S/C14H16ClN3O/c1-9-2-3-10(8-12(9)15)14-18-17-13(19-14)6-7-16-11-4-5-11/h2-3,8,11,16H,4-7H2,1H3. The number of nitrogens with zero attached hydrogens (tertiary/aromatic N) is 2. The van der Waals surface area contributed by atoms with E-state index in [4.69, 9.17) is 16.0 Å². The van der Waals surface area contributed by atoms with Gasteiger partial charge in [-0.25, -0.2) is 0 Å². The van der Waals surface area contributed by atoms with Gasteiger partial charge < -0.3 is 9.73 Å². The Kier molecular flexibility index (Phi) is 3.53. The summed E-state index contributed by atoms with van der Waals surface area (Å²) >= 11 is 6.10. The second-order valence-electron chi connectivity index (χ2n) is 4.94. The Labute approximate surface area is 117 Å². The zero-order valence-corrected chi connectivity index (χ0v) is 11.6. The molecule has 2 aromatic rings. The van der Waals surface area contributed by atoms with Gasteiger partial charge in [0.15, 0.2) is 0 Å². The Morgan fingerprint density at radius 1 is 1.37 bits per heavy atom. The third-order valence-electron chi connectivity index (χ3n) is 3.23. The zero-order valence-electron chi connectivity index (χ0n) is 10.8. The van der Waals surface area contributed by atoms with Crippen molar-refractivity contribution in [2.75, 3.05) is 6.54 Å². The van der Waals surface area contributed by atoms with Gasteiger partial charge in [0.1, 0.15) is 0 Å². The maximum Gasteiger partial charge on any atom is 0.247 e. The second kappa shape index (κ2) is 5.31. The Bertz CT molecular complexity index is 578. The van der Waals surface area contributed by atoms with Crippen molar-refractivity contribution in [2.24, 2.45) is 0 Å². The van der Waals surface area contributed by atoms with Crippen LogP contribution in [0.5, 0.6) is 0 Å². The van der Waals surface area contributed by atoms with Crippen molar-refractivity contribution in [3.05, 3.63) is 34.7 Å². The highest BCUT2D eigenvalue weighted by molar-refractivity contribution is 6.31. The molecule has 0 aliphatic heterocycles. The van der Waals surface area contributed by atoms with Crippen LogP contribution in [0.3, 0.4) is 0 Å². The van der Waals surface area contributed by atoms with Gasteiger partial charge in [0.2, 0.25) is 11.8 Å². The van der Waals surface area contributed by atoms with Crippen LogP contribution in [-0.4, -0.2) is 22.8 Å². The van der Waals surface area contributed by atoms with Crippen molar-refractivity contribution in [3.8, 4) is 11.5 Å². The van der Waals surface area contributed by atoms with Crippen molar-refractivity contribution in [1.29, 1.82) is 0 Å². The van der Waals surface area contributed by atoms with Crippen LogP contribution in [0.25, 0.3) is 11.5 Å². The number of hydrogen-bond acceptors (Lipinski definition) is 4. The number of aryl methyl sites for hydroxylation is 1. The predicted molar refractivity (Wildman–Crippen MR) is 74.2 cm³/mol. The van der Waals surface area contributed by atoms with Crippen molar-refractivity contribution >= 4 is 11.6 Å².